The first-order valence-electron chi connectivity index (χ1n) is 13.4. The Morgan fingerprint density at radius 2 is 1.60 bits per heavy atom. The third-order valence-electron chi connectivity index (χ3n) is 6.94. The van der Waals surface area contributed by atoms with Crippen LogP contribution in [-0.2, 0) is 4.74 Å². The zero-order valence-electron chi connectivity index (χ0n) is 23.6. The summed E-state index contributed by atoms with van der Waals surface area (Å²) in [5.74, 6) is -1.68. The molecule has 43 heavy (non-hydrogen) atoms. The van der Waals surface area contributed by atoms with Crippen LogP contribution in [0.25, 0.3) is 16.6 Å². The number of carbonyl (C=O) groups excluding carboxylic acids is 3. The van der Waals surface area contributed by atoms with Crippen molar-refractivity contribution in [2.24, 2.45) is 0 Å². The summed E-state index contributed by atoms with van der Waals surface area (Å²) < 4.78 is 13.0. The van der Waals surface area contributed by atoms with Crippen molar-refractivity contribution < 1.29 is 28.8 Å². The lowest BCUT2D eigenvalue weighted by atomic mass is 10.1. The molecule has 0 saturated carbocycles. The van der Waals surface area contributed by atoms with Gasteiger partial charge in [-0.3, -0.25) is 14.9 Å². The summed E-state index contributed by atoms with van der Waals surface area (Å²) in [4.78, 5) is 50.0. The third kappa shape index (κ3) is 5.71. The molecule has 10 heteroatoms. The van der Waals surface area contributed by atoms with Gasteiger partial charge in [-0.15, -0.1) is 0 Å². The Labute approximate surface area is 246 Å². The fourth-order valence-corrected chi connectivity index (χ4v) is 4.91. The molecule has 10 nitrogen and oxygen atoms in total. The topological polar surface area (TPSA) is 130 Å². The maximum absolute atomic E-state index is 13.3. The van der Waals surface area contributed by atoms with E-state index in [1.807, 2.05) is 41.8 Å². The van der Waals surface area contributed by atoms with E-state index in [9.17, 15) is 24.5 Å². The number of nitrogens with one attached hydrogen (secondary N) is 1. The number of hydrogen-bond acceptors (Lipinski definition) is 7. The van der Waals surface area contributed by atoms with Gasteiger partial charge in [-0.1, -0.05) is 36.4 Å². The van der Waals surface area contributed by atoms with Gasteiger partial charge in [-0.2, -0.15) is 0 Å². The van der Waals surface area contributed by atoms with E-state index in [-0.39, 0.29) is 34.9 Å². The molecule has 0 fully saturated rings. The molecule has 1 amide bonds. The number of fused-ring (bicyclic) bond motifs is 1. The summed E-state index contributed by atoms with van der Waals surface area (Å²) in [6.07, 6.45) is 0. The average Bonchev–Trinajstić information content (AvgIpc) is 3.28. The molecule has 0 aliphatic carbocycles. The molecule has 0 unspecified atom stereocenters. The second kappa shape index (κ2) is 12.0. The van der Waals surface area contributed by atoms with Gasteiger partial charge in [0.2, 0.25) is 0 Å². The number of nitrogens with zero attached hydrogens (tertiary/aromatic N) is 2. The molecule has 4 aromatic carbocycles. The van der Waals surface area contributed by atoms with Crippen LogP contribution in [0.5, 0.6) is 5.75 Å². The van der Waals surface area contributed by atoms with E-state index in [0.29, 0.717) is 22.2 Å². The molecule has 216 valence electrons. The number of nitro benzene ring substituents is 1. The Hall–Kier alpha value is -5.77. The molecule has 1 heterocycles. The van der Waals surface area contributed by atoms with Crippen LogP contribution in [0.3, 0.4) is 0 Å². The van der Waals surface area contributed by atoms with Crippen LogP contribution < -0.4 is 10.1 Å². The van der Waals surface area contributed by atoms with Crippen molar-refractivity contribution in [2.45, 2.75) is 20.8 Å². The second-order valence-electron chi connectivity index (χ2n) is 9.68. The summed E-state index contributed by atoms with van der Waals surface area (Å²) >= 11 is 0. The summed E-state index contributed by atoms with van der Waals surface area (Å²) in [5, 5.41) is 14.5. The lowest BCUT2D eigenvalue weighted by molar-refractivity contribution is -0.385. The van der Waals surface area contributed by atoms with Crippen LogP contribution >= 0.6 is 0 Å². The molecule has 0 atom stereocenters. The molecule has 5 rings (SSSR count). The maximum atomic E-state index is 13.3. The lowest BCUT2D eigenvalue weighted by Crippen LogP contribution is -2.17. The number of esters is 2. The fourth-order valence-electron chi connectivity index (χ4n) is 4.91. The molecule has 0 aliphatic heterocycles. The Kier molecular flexibility index (Phi) is 8.02. The van der Waals surface area contributed by atoms with Gasteiger partial charge in [0, 0.05) is 34.0 Å². The van der Waals surface area contributed by atoms with Gasteiger partial charge in [0.1, 0.15) is 5.75 Å². The number of ether oxygens (including phenoxy) is 2. The highest BCUT2D eigenvalue weighted by atomic mass is 16.6. The smallest absolute Gasteiger partial charge is 0.345 e. The molecule has 0 bridgehead atoms. The predicted molar refractivity (Wildman–Crippen MR) is 161 cm³/mol. The van der Waals surface area contributed by atoms with Crippen molar-refractivity contribution in [3.63, 3.8) is 0 Å². The number of amides is 1. The Balaban J connectivity index is 1.47. The fraction of sp³-hybridized carbons (Fsp3) is 0.121. The number of nitro groups is 1. The van der Waals surface area contributed by atoms with E-state index in [1.54, 1.807) is 44.2 Å². The van der Waals surface area contributed by atoms with Crippen LogP contribution in [0.15, 0.2) is 91.0 Å². The number of carbonyl (C=O) groups is 3. The Bertz CT molecular complexity index is 1890. The number of hydrogen-bond donors (Lipinski definition) is 1. The van der Waals surface area contributed by atoms with Crippen LogP contribution in [0.2, 0.25) is 0 Å². The van der Waals surface area contributed by atoms with Crippen molar-refractivity contribution in [2.75, 3.05) is 11.9 Å². The van der Waals surface area contributed by atoms with E-state index in [4.69, 9.17) is 9.47 Å². The van der Waals surface area contributed by atoms with Crippen molar-refractivity contribution in [1.82, 2.24) is 4.57 Å². The number of rotatable bonds is 8. The molecule has 0 aliphatic rings. The average molecular weight is 578 g/mol. The quantitative estimate of drug-likeness (QED) is 0.0929. The van der Waals surface area contributed by atoms with E-state index < -0.39 is 22.8 Å². The zero-order chi connectivity index (χ0) is 30.7. The first-order valence-corrected chi connectivity index (χ1v) is 13.4. The largest absolute Gasteiger partial charge is 0.462 e. The van der Waals surface area contributed by atoms with Gasteiger partial charge in [-0.05, 0) is 69.3 Å². The maximum Gasteiger partial charge on any atom is 0.345 e. The normalized spacial score (nSPS) is 10.8. The van der Waals surface area contributed by atoms with Crippen LogP contribution in [0.4, 0.5) is 11.4 Å². The minimum atomic E-state index is -0.748. The van der Waals surface area contributed by atoms with E-state index >= 15 is 0 Å². The monoisotopic (exact) mass is 577 g/mol. The van der Waals surface area contributed by atoms with E-state index in [2.05, 4.69) is 5.32 Å². The Morgan fingerprint density at radius 1 is 0.884 bits per heavy atom. The Morgan fingerprint density at radius 3 is 2.33 bits per heavy atom. The summed E-state index contributed by atoms with van der Waals surface area (Å²) in [7, 11) is 0. The second-order valence-corrected chi connectivity index (χ2v) is 9.68. The zero-order valence-corrected chi connectivity index (χ0v) is 23.6. The van der Waals surface area contributed by atoms with Crippen LogP contribution in [0.1, 0.15) is 49.3 Å². The highest BCUT2D eigenvalue weighted by Gasteiger charge is 2.24. The molecule has 1 aromatic heterocycles. The molecular formula is C33H27N3O7. The van der Waals surface area contributed by atoms with E-state index in [0.717, 1.165) is 11.2 Å². The minimum absolute atomic E-state index is 0.0655. The van der Waals surface area contributed by atoms with Crippen molar-refractivity contribution in [3.8, 4) is 11.4 Å². The van der Waals surface area contributed by atoms with E-state index in [1.165, 1.54) is 30.3 Å². The lowest BCUT2D eigenvalue weighted by Gasteiger charge is -2.12. The van der Waals surface area contributed by atoms with Crippen molar-refractivity contribution >= 4 is 40.1 Å². The first kappa shape index (κ1) is 28.7. The number of anilines is 1. The van der Waals surface area contributed by atoms with Crippen molar-refractivity contribution in [3.05, 3.63) is 129 Å². The molecular weight excluding hydrogens is 550 g/mol. The molecule has 0 radical (unpaired) electrons. The van der Waals surface area contributed by atoms with Gasteiger partial charge in [-0.25, -0.2) is 9.59 Å². The number of aryl methyl sites for hydroxylation is 1. The first-order chi connectivity index (χ1) is 20.7. The van der Waals surface area contributed by atoms with Gasteiger partial charge < -0.3 is 19.4 Å². The number of para-hydroxylation sites is 2. The summed E-state index contributed by atoms with van der Waals surface area (Å²) in [6.45, 7) is 5.33. The standard InChI is InChI=1S/C33H27N3O7/c1-4-42-33(39)30-21(3)35(23-10-6-5-7-11-23)28-17-16-24(19-26(28)30)43-32(38)25-12-8-9-13-27(25)34-31(37)22-15-14-20(2)29(18-22)36(40)41/h5-19H,4H2,1-3H3,(H,34,37). The SMILES string of the molecule is CCOC(=O)c1c(C)n(-c2ccccc2)c2ccc(OC(=O)c3ccccc3NC(=O)c3ccc(C)c([N+](=O)[O-])c3)cc12. The van der Waals surface area contributed by atoms with Crippen molar-refractivity contribution in [1.29, 1.82) is 0 Å². The summed E-state index contributed by atoms with van der Waals surface area (Å²) in [5.41, 5.74) is 3.15. The highest BCUT2D eigenvalue weighted by Crippen LogP contribution is 2.33. The van der Waals surface area contributed by atoms with Gasteiger partial charge in [0.15, 0.2) is 0 Å². The van der Waals surface area contributed by atoms with Crippen LogP contribution in [0, 0.1) is 24.0 Å². The minimum Gasteiger partial charge on any atom is -0.462 e. The van der Waals surface area contributed by atoms with Gasteiger partial charge in [0.05, 0.1) is 33.9 Å². The van der Waals surface area contributed by atoms with Crippen LogP contribution in [-0.4, -0.2) is 33.9 Å². The molecule has 1 N–H and O–H groups in total. The third-order valence-corrected chi connectivity index (χ3v) is 6.94. The summed E-state index contributed by atoms with van der Waals surface area (Å²) in [6, 6.07) is 25.0. The number of aromatic nitrogens is 1. The molecule has 5 aromatic rings. The highest BCUT2D eigenvalue weighted by molar-refractivity contribution is 6.09. The predicted octanol–water partition coefficient (Wildman–Crippen LogP) is 6.80. The molecule has 0 spiro atoms. The van der Waals surface area contributed by atoms with Gasteiger partial charge >= 0.3 is 11.9 Å². The van der Waals surface area contributed by atoms with Gasteiger partial charge in [0.25, 0.3) is 11.6 Å². The molecule has 0 saturated heterocycles. The number of benzene rings is 4.